The third-order valence-electron chi connectivity index (χ3n) is 1.03. The molecule has 1 aliphatic carbocycles. The minimum atomic E-state index is -0.0237. The number of ketones is 1. The van der Waals surface area contributed by atoms with E-state index in [4.69, 9.17) is 0 Å². The first-order valence-electron chi connectivity index (χ1n) is 2.48. The van der Waals surface area contributed by atoms with Crippen LogP contribution in [0.2, 0.25) is 0 Å². The van der Waals surface area contributed by atoms with Crippen LogP contribution in [0.1, 0.15) is 0 Å². The molecule has 0 aromatic carbocycles. The van der Waals surface area contributed by atoms with E-state index in [0.717, 1.165) is 4.48 Å². The Morgan fingerprint density at radius 1 is 1.44 bits per heavy atom. The quantitative estimate of drug-likeness (QED) is 0.527. The van der Waals surface area contributed by atoms with Crippen molar-refractivity contribution in [3.8, 4) is 0 Å². The predicted octanol–water partition coefficient (Wildman–Crippen LogP) is 1.96. The standard InChI is InChI=1S/C7H5BrO/c1-5-2-3-6(8)4-7(5)9/h2-4H,1H2. The number of carbonyl (C=O) groups excluding carboxylic acids is 1. The molecule has 46 valence electrons. The van der Waals surface area contributed by atoms with Crippen molar-refractivity contribution in [2.24, 2.45) is 0 Å². The van der Waals surface area contributed by atoms with Crippen molar-refractivity contribution in [3.05, 3.63) is 34.9 Å². The largest absolute Gasteiger partial charge is 0.289 e. The molecule has 0 heterocycles. The van der Waals surface area contributed by atoms with Crippen molar-refractivity contribution in [2.45, 2.75) is 0 Å². The Labute approximate surface area is 61.9 Å². The second-order valence-corrected chi connectivity index (χ2v) is 2.67. The topological polar surface area (TPSA) is 17.1 Å². The molecule has 1 rings (SSSR count). The number of carbonyl (C=O) groups is 1. The molecule has 0 saturated carbocycles. The fourth-order valence-electron chi connectivity index (χ4n) is 0.528. The summed E-state index contributed by atoms with van der Waals surface area (Å²) < 4.78 is 0.805. The molecule has 0 aliphatic heterocycles. The van der Waals surface area contributed by atoms with E-state index in [1.807, 2.05) is 0 Å². The van der Waals surface area contributed by atoms with Gasteiger partial charge in [0.1, 0.15) is 0 Å². The van der Waals surface area contributed by atoms with E-state index in [-0.39, 0.29) is 5.78 Å². The molecule has 1 nitrogen and oxygen atoms in total. The number of halogens is 1. The molecule has 0 fully saturated rings. The van der Waals surface area contributed by atoms with Crippen molar-refractivity contribution in [1.82, 2.24) is 0 Å². The van der Waals surface area contributed by atoms with Crippen molar-refractivity contribution in [2.75, 3.05) is 0 Å². The highest BCUT2D eigenvalue weighted by Crippen LogP contribution is 2.14. The van der Waals surface area contributed by atoms with E-state index in [1.165, 1.54) is 6.08 Å². The maximum Gasteiger partial charge on any atom is 0.186 e. The first kappa shape index (κ1) is 6.49. The maximum atomic E-state index is 10.7. The Morgan fingerprint density at radius 3 is 2.56 bits per heavy atom. The molecular weight excluding hydrogens is 180 g/mol. The first-order valence-corrected chi connectivity index (χ1v) is 3.28. The van der Waals surface area contributed by atoms with E-state index in [0.29, 0.717) is 5.57 Å². The Kier molecular flexibility index (Phi) is 1.67. The van der Waals surface area contributed by atoms with Gasteiger partial charge >= 0.3 is 0 Å². The van der Waals surface area contributed by atoms with Crippen LogP contribution in [0.5, 0.6) is 0 Å². The Morgan fingerprint density at radius 2 is 2.11 bits per heavy atom. The van der Waals surface area contributed by atoms with Crippen LogP contribution in [0, 0.1) is 0 Å². The summed E-state index contributed by atoms with van der Waals surface area (Å²) >= 11 is 3.17. The van der Waals surface area contributed by atoms with Gasteiger partial charge in [0.2, 0.25) is 0 Å². The van der Waals surface area contributed by atoms with Gasteiger partial charge in [0.05, 0.1) is 0 Å². The van der Waals surface area contributed by atoms with E-state index in [9.17, 15) is 4.79 Å². The van der Waals surface area contributed by atoms with Crippen LogP contribution >= 0.6 is 15.9 Å². The zero-order valence-electron chi connectivity index (χ0n) is 4.73. The lowest BCUT2D eigenvalue weighted by Gasteiger charge is -1.98. The molecule has 0 aromatic rings. The molecule has 1 aliphatic rings. The Hall–Kier alpha value is -0.630. The van der Waals surface area contributed by atoms with Crippen LogP contribution < -0.4 is 0 Å². The first-order chi connectivity index (χ1) is 4.20. The second-order valence-electron chi connectivity index (χ2n) is 1.75. The van der Waals surface area contributed by atoms with E-state index >= 15 is 0 Å². The predicted molar refractivity (Wildman–Crippen MR) is 40.3 cm³/mol. The second kappa shape index (κ2) is 2.31. The summed E-state index contributed by atoms with van der Waals surface area (Å²) in [5, 5.41) is 0. The average Bonchev–Trinajstić information content (AvgIpc) is 1.80. The highest BCUT2D eigenvalue weighted by atomic mass is 79.9. The molecular formula is C7H5BrO. The summed E-state index contributed by atoms with van der Waals surface area (Å²) in [7, 11) is 0. The normalized spacial score (nSPS) is 18.1. The minimum absolute atomic E-state index is 0.0237. The lowest BCUT2D eigenvalue weighted by atomic mass is 10.1. The molecule has 0 bridgehead atoms. The van der Waals surface area contributed by atoms with Gasteiger partial charge in [-0.3, -0.25) is 4.79 Å². The molecule has 0 unspecified atom stereocenters. The SMILES string of the molecule is C=C1C=CC(Br)=CC1=O. The number of hydrogen-bond donors (Lipinski definition) is 0. The van der Waals surface area contributed by atoms with Crippen LogP contribution in [0.25, 0.3) is 0 Å². The molecule has 2 heteroatoms. The molecule has 0 N–H and O–H groups in total. The molecule has 0 atom stereocenters. The zero-order valence-corrected chi connectivity index (χ0v) is 6.31. The summed E-state index contributed by atoms with van der Waals surface area (Å²) in [6.07, 6.45) is 4.98. The van der Waals surface area contributed by atoms with Gasteiger partial charge in [-0.15, -0.1) is 0 Å². The van der Waals surface area contributed by atoms with Gasteiger partial charge in [-0.25, -0.2) is 0 Å². The average molecular weight is 185 g/mol. The van der Waals surface area contributed by atoms with Gasteiger partial charge < -0.3 is 0 Å². The van der Waals surface area contributed by atoms with Gasteiger partial charge in [0.25, 0.3) is 0 Å². The monoisotopic (exact) mass is 184 g/mol. The summed E-state index contributed by atoms with van der Waals surface area (Å²) in [6.45, 7) is 3.53. The van der Waals surface area contributed by atoms with E-state index in [1.54, 1.807) is 12.2 Å². The number of hydrogen-bond acceptors (Lipinski definition) is 1. The smallest absolute Gasteiger partial charge is 0.186 e. The molecule has 0 aromatic heterocycles. The molecule has 0 amide bonds. The number of rotatable bonds is 0. The van der Waals surface area contributed by atoms with Crippen molar-refractivity contribution in [1.29, 1.82) is 0 Å². The zero-order chi connectivity index (χ0) is 6.85. The molecule has 0 saturated heterocycles. The van der Waals surface area contributed by atoms with Gasteiger partial charge in [0, 0.05) is 16.1 Å². The minimum Gasteiger partial charge on any atom is -0.289 e. The van der Waals surface area contributed by atoms with Gasteiger partial charge in [-0.2, -0.15) is 0 Å². The van der Waals surface area contributed by atoms with Crippen LogP contribution in [-0.2, 0) is 4.79 Å². The fraction of sp³-hybridized carbons (Fsp3) is 0. The van der Waals surface area contributed by atoms with Crippen molar-refractivity contribution >= 4 is 21.7 Å². The van der Waals surface area contributed by atoms with Gasteiger partial charge in [-0.05, 0) is 6.08 Å². The summed E-state index contributed by atoms with van der Waals surface area (Å²) in [5.74, 6) is -0.0237. The van der Waals surface area contributed by atoms with Gasteiger partial charge in [0.15, 0.2) is 5.78 Å². The lowest BCUT2D eigenvalue weighted by molar-refractivity contribution is -0.111. The van der Waals surface area contributed by atoms with Crippen LogP contribution in [0.3, 0.4) is 0 Å². The van der Waals surface area contributed by atoms with E-state index in [2.05, 4.69) is 22.5 Å². The summed E-state index contributed by atoms with van der Waals surface area (Å²) in [6, 6.07) is 0. The molecule has 9 heavy (non-hydrogen) atoms. The molecule has 0 radical (unpaired) electrons. The highest BCUT2D eigenvalue weighted by molar-refractivity contribution is 9.11. The lowest BCUT2D eigenvalue weighted by Crippen LogP contribution is -1.97. The van der Waals surface area contributed by atoms with Crippen LogP contribution in [0.4, 0.5) is 0 Å². The molecule has 0 spiro atoms. The summed E-state index contributed by atoms with van der Waals surface area (Å²) in [4.78, 5) is 10.7. The fourth-order valence-corrected chi connectivity index (χ4v) is 0.868. The highest BCUT2D eigenvalue weighted by Gasteiger charge is 2.04. The Balaban J connectivity index is 2.95. The van der Waals surface area contributed by atoms with Gasteiger partial charge in [-0.1, -0.05) is 28.6 Å². The van der Waals surface area contributed by atoms with Crippen molar-refractivity contribution in [3.63, 3.8) is 0 Å². The summed E-state index contributed by atoms with van der Waals surface area (Å²) in [5.41, 5.74) is 0.540. The third-order valence-corrected chi connectivity index (χ3v) is 1.52. The number of allylic oxidation sites excluding steroid dienone is 5. The van der Waals surface area contributed by atoms with E-state index < -0.39 is 0 Å². The Bertz CT molecular complexity index is 223. The van der Waals surface area contributed by atoms with Crippen LogP contribution in [-0.4, -0.2) is 5.78 Å². The van der Waals surface area contributed by atoms with Crippen molar-refractivity contribution < 1.29 is 4.79 Å². The van der Waals surface area contributed by atoms with Crippen LogP contribution in [0.15, 0.2) is 34.9 Å². The third kappa shape index (κ3) is 1.39. The maximum absolute atomic E-state index is 10.7.